The van der Waals surface area contributed by atoms with E-state index in [2.05, 4.69) is 15.5 Å². The summed E-state index contributed by atoms with van der Waals surface area (Å²) >= 11 is 0. The fourth-order valence-electron chi connectivity index (χ4n) is 2.73. The first-order valence-electron chi connectivity index (χ1n) is 6.27. The summed E-state index contributed by atoms with van der Waals surface area (Å²) in [4.78, 5) is 0. The molecule has 3 heteroatoms. The van der Waals surface area contributed by atoms with E-state index < -0.39 is 0 Å². The van der Waals surface area contributed by atoms with E-state index in [1.807, 2.05) is 0 Å². The molecule has 1 N–H and O–H groups in total. The molecule has 1 aliphatic carbocycles. The molecule has 0 amide bonds. The zero-order chi connectivity index (χ0) is 10.1. The third-order valence-electron chi connectivity index (χ3n) is 4.06. The van der Waals surface area contributed by atoms with Crippen molar-refractivity contribution in [3.63, 3.8) is 0 Å². The van der Waals surface area contributed by atoms with E-state index in [4.69, 9.17) is 0 Å². The van der Waals surface area contributed by atoms with E-state index in [1.54, 1.807) is 0 Å². The molecule has 0 radical (unpaired) electrons. The molecule has 0 aromatic rings. The molecule has 3 nitrogen and oxygen atoms in total. The van der Waals surface area contributed by atoms with Crippen LogP contribution in [0.3, 0.4) is 0 Å². The van der Waals surface area contributed by atoms with Gasteiger partial charge in [-0.1, -0.05) is 6.42 Å². The highest BCUT2D eigenvalue weighted by Gasteiger charge is 2.30. The molecule has 15 heavy (non-hydrogen) atoms. The van der Waals surface area contributed by atoms with Crippen molar-refractivity contribution >= 4 is 11.4 Å². The summed E-state index contributed by atoms with van der Waals surface area (Å²) in [6.45, 7) is 2.31. The van der Waals surface area contributed by atoms with Crippen LogP contribution in [0.15, 0.2) is 10.2 Å². The van der Waals surface area contributed by atoms with Gasteiger partial charge in [-0.05, 0) is 44.7 Å². The van der Waals surface area contributed by atoms with Crippen molar-refractivity contribution in [3.8, 4) is 0 Å². The average molecular weight is 205 g/mol. The zero-order valence-corrected chi connectivity index (χ0v) is 9.21. The molecule has 2 fully saturated rings. The first-order valence-corrected chi connectivity index (χ1v) is 6.27. The topological polar surface area (TPSA) is 36.8 Å². The van der Waals surface area contributed by atoms with Gasteiger partial charge in [0, 0.05) is 23.8 Å². The lowest BCUT2D eigenvalue weighted by atomic mass is 9.79. The SMILES string of the molecule is C1CC(C2=NN=C(C3CCNCC3)C2)C1. The number of piperidine rings is 1. The first-order chi connectivity index (χ1) is 7.43. The molecular formula is C12H19N3. The monoisotopic (exact) mass is 205 g/mol. The Morgan fingerprint density at radius 2 is 1.47 bits per heavy atom. The molecule has 0 aromatic heterocycles. The highest BCUT2D eigenvalue weighted by atomic mass is 15.2. The van der Waals surface area contributed by atoms with Crippen molar-refractivity contribution in [2.45, 2.75) is 38.5 Å². The molecule has 3 rings (SSSR count). The highest BCUT2D eigenvalue weighted by molar-refractivity contribution is 6.09. The van der Waals surface area contributed by atoms with E-state index in [1.165, 1.54) is 43.5 Å². The maximum atomic E-state index is 4.42. The Morgan fingerprint density at radius 3 is 2.00 bits per heavy atom. The predicted octanol–water partition coefficient (Wildman–Crippen LogP) is 1.99. The maximum Gasteiger partial charge on any atom is 0.0494 e. The smallest absolute Gasteiger partial charge is 0.0494 e. The summed E-state index contributed by atoms with van der Waals surface area (Å²) in [6.07, 6.45) is 7.71. The second-order valence-electron chi connectivity index (χ2n) is 5.01. The van der Waals surface area contributed by atoms with E-state index >= 15 is 0 Å². The van der Waals surface area contributed by atoms with Crippen LogP contribution in [0.25, 0.3) is 0 Å². The largest absolute Gasteiger partial charge is 0.317 e. The van der Waals surface area contributed by atoms with Gasteiger partial charge >= 0.3 is 0 Å². The number of rotatable bonds is 2. The molecule has 3 aliphatic rings. The van der Waals surface area contributed by atoms with Crippen LogP contribution < -0.4 is 5.32 Å². The van der Waals surface area contributed by atoms with E-state index in [9.17, 15) is 0 Å². The van der Waals surface area contributed by atoms with Crippen LogP contribution in [-0.2, 0) is 0 Å². The van der Waals surface area contributed by atoms with Crippen LogP contribution in [0.4, 0.5) is 0 Å². The van der Waals surface area contributed by atoms with Crippen LogP contribution in [0.2, 0.25) is 0 Å². The lowest BCUT2D eigenvalue weighted by molar-refractivity contribution is 0.410. The minimum atomic E-state index is 0.715. The molecule has 0 atom stereocenters. The van der Waals surface area contributed by atoms with Crippen molar-refractivity contribution in [3.05, 3.63) is 0 Å². The van der Waals surface area contributed by atoms with Crippen LogP contribution in [0.5, 0.6) is 0 Å². The predicted molar refractivity (Wildman–Crippen MR) is 62.4 cm³/mol. The van der Waals surface area contributed by atoms with Gasteiger partial charge in [0.1, 0.15) is 0 Å². The van der Waals surface area contributed by atoms with Crippen LogP contribution >= 0.6 is 0 Å². The molecule has 1 saturated heterocycles. The molecule has 0 unspecified atom stereocenters. The van der Waals surface area contributed by atoms with Crippen molar-refractivity contribution in [1.29, 1.82) is 0 Å². The third-order valence-corrected chi connectivity index (χ3v) is 4.06. The lowest BCUT2D eigenvalue weighted by Crippen LogP contribution is -2.32. The van der Waals surface area contributed by atoms with Crippen LogP contribution in [-0.4, -0.2) is 24.5 Å². The summed E-state index contributed by atoms with van der Waals surface area (Å²) in [5.74, 6) is 1.50. The van der Waals surface area contributed by atoms with Crippen LogP contribution in [0.1, 0.15) is 38.5 Å². The van der Waals surface area contributed by atoms with Gasteiger partial charge in [-0.2, -0.15) is 10.2 Å². The highest BCUT2D eigenvalue weighted by Crippen LogP contribution is 2.32. The summed E-state index contributed by atoms with van der Waals surface area (Å²) in [5.41, 5.74) is 2.76. The number of hydrogen-bond donors (Lipinski definition) is 1. The van der Waals surface area contributed by atoms with Gasteiger partial charge in [0.25, 0.3) is 0 Å². The summed E-state index contributed by atoms with van der Waals surface area (Å²) in [5, 5.41) is 12.2. The van der Waals surface area contributed by atoms with Gasteiger partial charge < -0.3 is 5.32 Å². The zero-order valence-electron chi connectivity index (χ0n) is 9.21. The molecule has 0 bridgehead atoms. The Hall–Kier alpha value is -0.700. The Balaban J connectivity index is 1.57. The minimum absolute atomic E-state index is 0.715. The van der Waals surface area contributed by atoms with Gasteiger partial charge in [-0.25, -0.2) is 0 Å². The molecule has 0 spiro atoms. The minimum Gasteiger partial charge on any atom is -0.317 e. The van der Waals surface area contributed by atoms with Crippen LogP contribution in [0, 0.1) is 11.8 Å². The van der Waals surface area contributed by atoms with E-state index in [0.717, 1.165) is 25.4 Å². The summed E-state index contributed by atoms with van der Waals surface area (Å²) in [6, 6.07) is 0. The van der Waals surface area contributed by atoms with Gasteiger partial charge in [-0.15, -0.1) is 0 Å². The average Bonchev–Trinajstić information content (AvgIpc) is 2.66. The van der Waals surface area contributed by atoms with Crippen molar-refractivity contribution in [1.82, 2.24) is 5.32 Å². The van der Waals surface area contributed by atoms with Gasteiger partial charge in [-0.3, -0.25) is 0 Å². The molecule has 0 aromatic carbocycles. The normalized spacial score (nSPS) is 28.5. The Kier molecular flexibility index (Phi) is 2.57. The van der Waals surface area contributed by atoms with Crippen molar-refractivity contribution in [2.75, 3.05) is 13.1 Å². The number of nitrogens with one attached hydrogen (secondary N) is 1. The molecule has 82 valence electrons. The van der Waals surface area contributed by atoms with Gasteiger partial charge in [0.2, 0.25) is 0 Å². The Labute approximate surface area is 91.0 Å². The second-order valence-corrected chi connectivity index (χ2v) is 5.01. The molecular weight excluding hydrogens is 186 g/mol. The standard InChI is InChI=1S/C12H19N3/c1-2-9(3-1)11-8-12(15-14-11)10-4-6-13-7-5-10/h9-10,13H,1-8H2. The van der Waals surface area contributed by atoms with E-state index in [0.29, 0.717) is 5.92 Å². The quantitative estimate of drug-likeness (QED) is 0.735. The fourth-order valence-corrected chi connectivity index (χ4v) is 2.73. The molecule has 2 heterocycles. The maximum absolute atomic E-state index is 4.42. The van der Waals surface area contributed by atoms with E-state index in [-0.39, 0.29) is 0 Å². The molecule has 2 aliphatic heterocycles. The van der Waals surface area contributed by atoms with Crippen molar-refractivity contribution in [2.24, 2.45) is 22.0 Å². The first kappa shape index (κ1) is 9.52. The lowest BCUT2D eigenvalue weighted by Gasteiger charge is -2.26. The number of nitrogens with zero attached hydrogens (tertiary/aromatic N) is 2. The Morgan fingerprint density at radius 1 is 0.867 bits per heavy atom. The van der Waals surface area contributed by atoms with Gasteiger partial charge in [0.05, 0.1) is 0 Å². The van der Waals surface area contributed by atoms with Crippen molar-refractivity contribution < 1.29 is 0 Å². The Bertz CT molecular complexity index is 296. The summed E-state index contributed by atoms with van der Waals surface area (Å²) in [7, 11) is 0. The number of hydrogen-bond acceptors (Lipinski definition) is 3. The fraction of sp³-hybridized carbons (Fsp3) is 0.833. The van der Waals surface area contributed by atoms with Gasteiger partial charge in [0.15, 0.2) is 0 Å². The molecule has 1 saturated carbocycles. The third kappa shape index (κ3) is 1.85. The second kappa shape index (κ2) is 4.05. The summed E-state index contributed by atoms with van der Waals surface area (Å²) < 4.78 is 0.